The minimum absolute atomic E-state index is 0.686. The molecule has 0 amide bonds. The van der Waals surface area contributed by atoms with Crippen LogP contribution in [0.2, 0.25) is 26.2 Å². The lowest BCUT2D eigenvalue weighted by atomic mass is 10.3. The molecule has 0 aromatic heterocycles. The zero-order valence-electron chi connectivity index (χ0n) is 15.5. The Kier molecular flexibility index (Phi) is 6.15. The van der Waals surface area contributed by atoms with Crippen LogP contribution >= 0.6 is 0 Å². The Hall–Kier alpha value is -1.97. The molecule has 136 valence electrons. The third-order valence-corrected chi connectivity index (χ3v) is 10.7. The number of nitrogen functional groups attached to an aromatic ring is 2. The number of nitrogens with two attached hydrogens (primary N) is 2. The molecule has 0 saturated carbocycles. The van der Waals surface area contributed by atoms with Crippen LogP contribution in [0.1, 0.15) is 0 Å². The Morgan fingerprint density at radius 3 is 1.52 bits per heavy atom. The normalized spacial score (nSPS) is 12.0. The van der Waals surface area contributed by atoms with Gasteiger partial charge in [-0.05, 0) is 24.3 Å². The summed E-state index contributed by atoms with van der Waals surface area (Å²) in [5.41, 5.74) is 13.0. The molecule has 7 heteroatoms. The zero-order valence-corrected chi connectivity index (χ0v) is 17.5. The molecule has 0 aliphatic rings. The van der Waals surface area contributed by atoms with Crippen molar-refractivity contribution in [3.05, 3.63) is 48.5 Å². The summed E-state index contributed by atoms with van der Waals surface area (Å²) in [5.74, 6) is 1.63. The summed E-state index contributed by atoms with van der Waals surface area (Å²) in [4.78, 5) is 0. The number of nitrogens with one attached hydrogen (secondary N) is 1. The van der Waals surface area contributed by atoms with Crippen molar-refractivity contribution in [1.82, 2.24) is 4.65 Å². The van der Waals surface area contributed by atoms with E-state index >= 15 is 0 Å². The first-order chi connectivity index (χ1) is 11.7. The summed E-state index contributed by atoms with van der Waals surface area (Å²) >= 11 is 0. The molecule has 5 N–H and O–H groups in total. The summed E-state index contributed by atoms with van der Waals surface area (Å²) in [6.07, 6.45) is 1.37. The maximum atomic E-state index is 5.96. The average molecular weight is 376 g/mol. The number of hydrogen-bond acceptors (Lipinski definition) is 5. The van der Waals surface area contributed by atoms with Gasteiger partial charge >= 0.3 is 0 Å². The summed E-state index contributed by atoms with van der Waals surface area (Å²) in [6.45, 7) is 9.09. The Bertz CT molecular complexity index is 649. The molecule has 0 unspecified atom stereocenters. The van der Waals surface area contributed by atoms with Crippen molar-refractivity contribution in [3.8, 4) is 11.5 Å². The van der Waals surface area contributed by atoms with Gasteiger partial charge in [0.25, 0.3) is 0 Å². The fourth-order valence-electron chi connectivity index (χ4n) is 2.72. The molecule has 0 aliphatic heterocycles. The number of hydrogen-bond donors (Lipinski definition) is 3. The van der Waals surface area contributed by atoms with Crippen molar-refractivity contribution >= 4 is 27.8 Å². The molecule has 0 spiro atoms. The van der Waals surface area contributed by atoms with E-state index in [4.69, 9.17) is 20.9 Å². The van der Waals surface area contributed by atoms with Crippen molar-refractivity contribution in [2.45, 2.75) is 26.2 Å². The quantitative estimate of drug-likeness (QED) is 0.487. The van der Waals surface area contributed by atoms with Crippen LogP contribution in [0.15, 0.2) is 48.5 Å². The Balaban J connectivity index is 1.88. The molecule has 2 aromatic rings. The fraction of sp³-hybridized carbons (Fsp3) is 0.333. The van der Waals surface area contributed by atoms with Crippen LogP contribution < -0.4 is 25.6 Å². The van der Waals surface area contributed by atoms with E-state index in [1.54, 1.807) is 0 Å². The van der Waals surface area contributed by atoms with Gasteiger partial charge in [-0.15, -0.1) is 0 Å². The SMILES string of the molecule is C[Si](C)(COc1cccc(N)c1)N[Si](C)(C)COc1cccc(N)c1. The monoisotopic (exact) mass is 375 g/mol. The fourth-order valence-corrected chi connectivity index (χ4v) is 11.7. The summed E-state index contributed by atoms with van der Waals surface area (Å²) in [6, 6.07) is 15.1. The molecule has 5 nitrogen and oxygen atoms in total. The van der Waals surface area contributed by atoms with Crippen LogP contribution in [0.5, 0.6) is 11.5 Å². The molecule has 2 rings (SSSR count). The highest BCUT2D eigenvalue weighted by atomic mass is 28.4. The zero-order chi connectivity index (χ0) is 18.5. The topological polar surface area (TPSA) is 82.5 Å². The van der Waals surface area contributed by atoms with Gasteiger partial charge in [0.05, 0.1) is 12.5 Å². The van der Waals surface area contributed by atoms with E-state index in [0.29, 0.717) is 12.5 Å². The smallest absolute Gasteiger partial charge is 0.155 e. The number of ether oxygens (including phenoxy) is 2. The van der Waals surface area contributed by atoms with Crippen LogP contribution in [0.25, 0.3) is 0 Å². The van der Waals surface area contributed by atoms with Crippen LogP contribution in [0, 0.1) is 0 Å². The molecule has 0 radical (unpaired) electrons. The van der Waals surface area contributed by atoms with Gasteiger partial charge < -0.3 is 25.6 Å². The highest BCUT2D eigenvalue weighted by Gasteiger charge is 2.33. The lowest BCUT2D eigenvalue weighted by Crippen LogP contribution is -2.64. The van der Waals surface area contributed by atoms with Crippen molar-refractivity contribution in [3.63, 3.8) is 0 Å². The van der Waals surface area contributed by atoms with Crippen molar-refractivity contribution in [2.75, 3.05) is 23.9 Å². The first-order valence-electron chi connectivity index (χ1n) is 8.41. The minimum Gasteiger partial charge on any atom is -0.495 e. The van der Waals surface area contributed by atoms with Gasteiger partial charge in [0.2, 0.25) is 0 Å². The van der Waals surface area contributed by atoms with Crippen molar-refractivity contribution in [1.29, 1.82) is 0 Å². The van der Waals surface area contributed by atoms with E-state index in [-0.39, 0.29) is 0 Å². The van der Waals surface area contributed by atoms with Crippen molar-refractivity contribution < 1.29 is 9.47 Å². The van der Waals surface area contributed by atoms with Gasteiger partial charge in [0, 0.05) is 23.5 Å². The van der Waals surface area contributed by atoms with Gasteiger partial charge in [-0.25, -0.2) is 0 Å². The molecule has 25 heavy (non-hydrogen) atoms. The Morgan fingerprint density at radius 1 is 0.760 bits per heavy atom. The van der Waals surface area contributed by atoms with E-state index in [0.717, 1.165) is 22.9 Å². The molecule has 0 atom stereocenters. The van der Waals surface area contributed by atoms with E-state index in [1.165, 1.54) is 0 Å². The molecular formula is C18H29N3O2Si2. The van der Waals surface area contributed by atoms with Gasteiger partial charge in [-0.3, -0.25) is 0 Å². The molecule has 2 aromatic carbocycles. The maximum Gasteiger partial charge on any atom is 0.155 e. The number of benzene rings is 2. The van der Waals surface area contributed by atoms with E-state index < -0.39 is 16.5 Å². The summed E-state index contributed by atoms with van der Waals surface area (Å²) < 4.78 is 15.8. The van der Waals surface area contributed by atoms with Crippen molar-refractivity contribution in [2.24, 2.45) is 0 Å². The molecular weight excluding hydrogens is 346 g/mol. The maximum absolute atomic E-state index is 5.96. The Morgan fingerprint density at radius 2 is 1.16 bits per heavy atom. The first-order valence-corrected chi connectivity index (χ1v) is 14.8. The minimum atomic E-state index is -1.74. The molecule has 0 aliphatic carbocycles. The lowest BCUT2D eigenvalue weighted by molar-refractivity contribution is 0.370. The van der Waals surface area contributed by atoms with Gasteiger partial charge in [-0.2, -0.15) is 0 Å². The summed E-state index contributed by atoms with van der Waals surface area (Å²) in [7, 11) is -3.49. The molecule has 0 fully saturated rings. The second-order valence-electron chi connectivity index (χ2n) is 7.62. The number of rotatable bonds is 8. The van der Waals surface area contributed by atoms with Crippen LogP contribution in [-0.4, -0.2) is 28.9 Å². The van der Waals surface area contributed by atoms with E-state index in [1.807, 2.05) is 48.5 Å². The standard InChI is InChI=1S/C18H29N3O2Si2/c1-24(2,13-22-17-9-5-7-15(19)11-17)21-25(3,4)14-23-18-10-6-8-16(20)12-18/h5-12,21H,13-14,19-20H2,1-4H3. The number of anilines is 2. The van der Waals surface area contributed by atoms with Crippen LogP contribution in [0.3, 0.4) is 0 Å². The highest BCUT2D eigenvalue weighted by Crippen LogP contribution is 2.18. The van der Waals surface area contributed by atoms with Gasteiger partial charge in [-0.1, -0.05) is 38.3 Å². The van der Waals surface area contributed by atoms with E-state index in [2.05, 4.69) is 30.8 Å². The largest absolute Gasteiger partial charge is 0.495 e. The first kappa shape index (κ1) is 19.4. The van der Waals surface area contributed by atoms with Gasteiger partial charge in [0.15, 0.2) is 16.5 Å². The van der Waals surface area contributed by atoms with E-state index in [9.17, 15) is 0 Å². The lowest BCUT2D eigenvalue weighted by Gasteiger charge is -2.34. The highest BCUT2D eigenvalue weighted by molar-refractivity contribution is 6.91. The van der Waals surface area contributed by atoms with Crippen LogP contribution in [-0.2, 0) is 0 Å². The van der Waals surface area contributed by atoms with Crippen LogP contribution in [0.4, 0.5) is 11.4 Å². The third kappa shape index (κ3) is 6.81. The second kappa shape index (κ2) is 7.94. The summed E-state index contributed by atoms with van der Waals surface area (Å²) in [5, 5.41) is 0. The van der Waals surface area contributed by atoms with Gasteiger partial charge in [0.1, 0.15) is 11.5 Å². The Labute approximate surface area is 152 Å². The predicted octanol–water partition coefficient (Wildman–Crippen LogP) is 3.39. The predicted molar refractivity (Wildman–Crippen MR) is 111 cm³/mol. The molecule has 0 bridgehead atoms. The second-order valence-corrected chi connectivity index (χ2v) is 16.7. The third-order valence-electron chi connectivity index (χ3n) is 3.59. The average Bonchev–Trinajstić information content (AvgIpc) is 2.51. The molecule has 0 heterocycles. The molecule has 0 saturated heterocycles.